The fourth-order valence-corrected chi connectivity index (χ4v) is 4.88. The van der Waals surface area contributed by atoms with Gasteiger partial charge in [-0.25, -0.2) is 9.97 Å². The summed E-state index contributed by atoms with van der Waals surface area (Å²) >= 11 is 0. The maximum absolute atomic E-state index is 12.3. The van der Waals surface area contributed by atoms with Crippen LogP contribution in [0.25, 0.3) is 0 Å². The Labute approximate surface area is 150 Å². The van der Waals surface area contributed by atoms with Gasteiger partial charge in [-0.1, -0.05) is 6.92 Å². The number of carbonyl (C=O) groups is 1. The number of carbonyl (C=O) groups excluding carboxylic acids is 1. The van der Waals surface area contributed by atoms with Crippen molar-refractivity contribution in [2.75, 3.05) is 24.5 Å². The van der Waals surface area contributed by atoms with E-state index in [9.17, 15) is 4.79 Å². The molecule has 1 spiro atoms. The van der Waals surface area contributed by atoms with E-state index in [0.717, 1.165) is 56.2 Å². The minimum atomic E-state index is 0.256. The average Bonchev–Trinajstić information content (AvgIpc) is 3.42. The number of rotatable bonds is 3. The first-order chi connectivity index (χ1) is 12.0. The number of piperidine rings is 2. The first kappa shape index (κ1) is 16.8. The van der Waals surface area contributed by atoms with Crippen LogP contribution in [-0.2, 0) is 11.2 Å². The summed E-state index contributed by atoms with van der Waals surface area (Å²) in [5, 5.41) is 0. The highest BCUT2D eigenvalue weighted by molar-refractivity contribution is 5.78. The molecule has 3 aliphatic rings. The number of nitrogens with zero attached hydrogens (tertiary/aromatic N) is 4. The Morgan fingerprint density at radius 3 is 2.68 bits per heavy atom. The molecule has 5 nitrogen and oxygen atoms in total. The van der Waals surface area contributed by atoms with Crippen LogP contribution in [0.3, 0.4) is 0 Å². The van der Waals surface area contributed by atoms with E-state index < -0.39 is 0 Å². The predicted molar refractivity (Wildman–Crippen MR) is 98.7 cm³/mol. The van der Waals surface area contributed by atoms with Crippen molar-refractivity contribution in [3.8, 4) is 0 Å². The van der Waals surface area contributed by atoms with Crippen LogP contribution in [0.2, 0.25) is 0 Å². The second-order valence-electron chi connectivity index (χ2n) is 8.29. The quantitative estimate of drug-likeness (QED) is 0.847. The highest BCUT2D eigenvalue weighted by Crippen LogP contribution is 2.43. The van der Waals surface area contributed by atoms with Gasteiger partial charge in [0.05, 0.1) is 0 Å². The summed E-state index contributed by atoms with van der Waals surface area (Å²) in [4.78, 5) is 26.4. The molecule has 4 rings (SSSR count). The minimum absolute atomic E-state index is 0.256. The van der Waals surface area contributed by atoms with Crippen LogP contribution in [0, 0.1) is 19.3 Å². The number of aryl methyl sites for hydroxylation is 2. The molecule has 1 amide bonds. The van der Waals surface area contributed by atoms with Crippen LogP contribution in [0.4, 0.5) is 5.82 Å². The average molecular weight is 342 g/mol. The van der Waals surface area contributed by atoms with Crippen LogP contribution >= 0.6 is 0 Å². The van der Waals surface area contributed by atoms with E-state index in [2.05, 4.69) is 28.6 Å². The third-order valence-corrected chi connectivity index (χ3v) is 6.30. The molecule has 1 unspecified atom stereocenters. The molecular formula is C20H30N4O. The molecule has 2 saturated heterocycles. The molecule has 3 heterocycles. The predicted octanol–water partition coefficient (Wildman–Crippen LogP) is 3.03. The van der Waals surface area contributed by atoms with Crippen molar-refractivity contribution in [1.82, 2.24) is 14.9 Å². The molecule has 25 heavy (non-hydrogen) atoms. The van der Waals surface area contributed by atoms with Gasteiger partial charge in [0.1, 0.15) is 11.6 Å². The molecule has 1 aromatic rings. The standard InChI is InChI=1S/C20H30N4O/c1-4-17-14(2)21-15(3)22-19(17)23-11-5-9-20(12-23)10-8-18(25)24(13-20)16-6-7-16/h16H,4-13H2,1-3H3. The Morgan fingerprint density at radius 1 is 1.16 bits per heavy atom. The molecule has 0 radical (unpaired) electrons. The zero-order valence-corrected chi connectivity index (χ0v) is 15.8. The molecule has 3 fully saturated rings. The number of anilines is 1. The van der Waals surface area contributed by atoms with E-state index in [0.29, 0.717) is 11.9 Å². The van der Waals surface area contributed by atoms with Gasteiger partial charge in [0.15, 0.2) is 0 Å². The molecule has 1 aromatic heterocycles. The van der Waals surface area contributed by atoms with E-state index in [1.54, 1.807) is 0 Å². The highest BCUT2D eigenvalue weighted by Gasteiger charge is 2.46. The Morgan fingerprint density at radius 2 is 1.96 bits per heavy atom. The number of amides is 1. The topological polar surface area (TPSA) is 49.3 Å². The molecule has 2 aliphatic heterocycles. The van der Waals surface area contributed by atoms with Crippen molar-refractivity contribution in [2.45, 2.75) is 71.8 Å². The van der Waals surface area contributed by atoms with Gasteiger partial charge in [-0.3, -0.25) is 4.79 Å². The van der Waals surface area contributed by atoms with Crippen molar-refractivity contribution < 1.29 is 4.79 Å². The SMILES string of the molecule is CCc1c(C)nc(C)nc1N1CCCC2(CCC(=O)N(C3CC3)C2)C1. The summed E-state index contributed by atoms with van der Waals surface area (Å²) in [6.07, 6.45) is 7.58. The third kappa shape index (κ3) is 3.13. The second-order valence-corrected chi connectivity index (χ2v) is 8.29. The van der Waals surface area contributed by atoms with Gasteiger partial charge < -0.3 is 9.80 Å². The summed E-state index contributed by atoms with van der Waals surface area (Å²) in [5.41, 5.74) is 2.66. The van der Waals surface area contributed by atoms with Crippen LogP contribution in [0.1, 0.15) is 62.5 Å². The van der Waals surface area contributed by atoms with E-state index in [-0.39, 0.29) is 5.41 Å². The van der Waals surface area contributed by atoms with Crippen LogP contribution in [0.15, 0.2) is 0 Å². The van der Waals surface area contributed by atoms with Gasteiger partial charge in [-0.2, -0.15) is 0 Å². The summed E-state index contributed by atoms with van der Waals surface area (Å²) in [7, 11) is 0. The molecule has 0 N–H and O–H groups in total. The molecule has 1 aliphatic carbocycles. The van der Waals surface area contributed by atoms with Gasteiger partial charge in [-0.05, 0) is 52.4 Å². The zero-order valence-electron chi connectivity index (χ0n) is 15.8. The van der Waals surface area contributed by atoms with Crippen molar-refractivity contribution in [2.24, 2.45) is 5.41 Å². The lowest BCUT2D eigenvalue weighted by atomic mass is 9.73. The van der Waals surface area contributed by atoms with Gasteiger partial charge in [0.2, 0.25) is 5.91 Å². The smallest absolute Gasteiger partial charge is 0.222 e. The zero-order chi connectivity index (χ0) is 17.6. The fourth-order valence-electron chi connectivity index (χ4n) is 4.88. The summed E-state index contributed by atoms with van der Waals surface area (Å²) in [6.45, 7) is 9.35. The number of likely N-dealkylation sites (tertiary alicyclic amines) is 1. The number of hydrogen-bond acceptors (Lipinski definition) is 4. The third-order valence-electron chi connectivity index (χ3n) is 6.30. The van der Waals surface area contributed by atoms with Gasteiger partial charge in [0.25, 0.3) is 0 Å². The lowest BCUT2D eigenvalue weighted by Crippen LogP contribution is -2.55. The second kappa shape index (κ2) is 6.26. The van der Waals surface area contributed by atoms with Gasteiger partial charge >= 0.3 is 0 Å². The van der Waals surface area contributed by atoms with E-state index in [1.165, 1.54) is 31.2 Å². The Bertz CT molecular complexity index is 685. The molecule has 136 valence electrons. The van der Waals surface area contributed by atoms with Crippen molar-refractivity contribution in [3.05, 3.63) is 17.1 Å². The summed E-state index contributed by atoms with van der Waals surface area (Å²) in [6, 6.07) is 0.537. The minimum Gasteiger partial charge on any atom is -0.356 e. The van der Waals surface area contributed by atoms with Crippen molar-refractivity contribution in [1.29, 1.82) is 0 Å². The van der Waals surface area contributed by atoms with Crippen molar-refractivity contribution in [3.63, 3.8) is 0 Å². The highest BCUT2D eigenvalue weighted by atomic mass is 16.2. The fraction of sp³-hybridized carbons (Fsp3) is 0.750. The van der Waals surface area contributed by atoms with E-state index >= 15 is 0 Å². The molecule has 5 heteroatoms. The first-order valence-corrected chi connectivity index (χ1v) is 9.90. The molecule has 0 bridgehead atoms. The van der Waals surface area contributed by atoms with Crippen LogP contribution in [-0.4, -0.2) is 46.5 Å². The van der Waals surface area contributed by atoms with E-state index in [1.807, 2.05) is 6.92 Å². The monoisotopic (exact) mass is 342 g/mol. The Hall–Kier alpha value is -1.65. The van der Waals surface area contributed by atoms with Gasteiger partial charge in [-0.15, -0.1) is 0 Å². The van der Waals surface area contributed by atoms with Crippen LogP contribution in [0.5, 0.6) is 0 Å². The van der Waals surface area contributed by atoms with E-state index in [4.69, 9.17) is 4.98 Å². The molecular weight excluding hydrogens is 312 g/mol. The molecule has 1 atom stereocenters. The van der Waals surface area contributed by atoms with Crippen LogP contribution < -0.4 is 4.90 Å². The Kier molecular flexibility index (Phi) is 4.20. The molecule has 1 saturated carbocycles. The van der Waals surface area contributed by atoms with Crippen molar-refractivity contribution >= 4 is 11.7 Å². The maximum atomic E-state index is 12.3. The Balaban J connectivity index is 1.60. The van der Waals surface area contributed by atoms with Gasteiger partial charge in [0, 0.05) is 48.8 Å². The number of aromatic nitrogens is 2. The first-order valence-electron chi connectivity index (χ1n) is 9.90. The summed E-state index contributed by atoms with van der Waals surface area (Å²) < 4.78 is 0. The largest absolute Gasteiger partial charge is 0.356 e. The maximum Gasteiger partial charge on any atom is 0.222 e. The molecule has 0 aromatic carbocycles. The lowest BCUT2D eigenvalue weighted by molar-refractivity contribution is -0.138. The normalized spacial score (nSPS) is 27.2. The summed E-state index contributed by atoms with van der Waals surface area (Å²) in [5.74, 6) is 2.39. The lowest BCUT2D eigenvalue weighted by Gasteiger charge is -2.49. The number of hydrogen-bond donors (Lipinski definition) is 0.